The van der Waals surface area contributed by atoms with Crippen molar-refractivity contribution in [1.82, 2.24) is 5.32 Å². The number of rotatable bonds is 2. The number of nitrogens with one attached hydrogen (secondary N) is 1. The Bertz CT molecular complexity index is 345. The van der Waals surface area contributed by atoms with Crippen LogP contribution in [0, 0.1) is 0 Å². The van der Waals surface area contributed by atoms with E-state index in [1.807, 2.05) is 24.3 Å². The molecule has 0 radical (unpaired) electrons. The molecule has 0 bridgehead atoms. The molecule has 0 aromatic heterocycles. The van der Waals surface area contributed by atoms with Crippen molar-refractivity contribution in [1.29, 1.82) is 0 Å². The van der Waals surface area contributed by atoms with Crippen molar-refractivity contribution in [3.8, 4) is 0 Å². The van der Waals surface area contributed by atoms with E-state index in [4.69, 9.17) is 11.5 Å². The second-order valence-corrected chi connectivity index (χ2v) is 2.98. The molecule has 4 nitrogen and oxygen atoms in total. The third-order valence-corrected chi connectivity index (χ3v) is 2.14. The van der Waals surface area contributed by atoms with Crippen LogP contribution in [0.15, 0.2) is 29.3 Å². The van der Waals surface area contributed by atoms with Gasteiger partial charge in [-0.2, -0.15) is 0 Å². The van der Waals surface area contributed by atoms with Gasteiger partial charge < -0.3 is 16.8 Å². The molecule has 68 valence electrons. The molecule has 1 aliphatic rings. The smallest absolute Gasteiger partial charge is 0.122 e. The zero-order valence-corrected chi connectivity index (χ0v) is 7.20. The summed E-state index contributed by atoms with van der Waals surface area (Å²) < 4.78 is 0. The Labute approximate surface area is 76.6 Å². The summed E-state index contributed by atoms with van der Waals surface area (Å²) in [5.41, 5.74) is 13.3. The average Bonchev–Trinajstić information content (AvgIpc) is 2.01. The maximum Gasteiger partial charge on any atom is 0.122 e. The molecule has 0 saturated carbocycles. The molecule has 0 amide bonds. The van der Waals surface area contributed by atoms with Gasteiger partial charge in [0.2, 0.25) is 0 Å². The highest BCUT2D eigenvalue weighted by atomic mass is 15.2. The lowest BCUT2D eigenvalue weighted by Crippen LogP contribution is -2.42. The summed E-state index contributed by atoms with van der Waals surface area (Å²) >= 11 is 0. The molecule has 0 spiro atoms. The lowest BCUT2D eigenvalue weighted by Gasteiger charge is -2.23. The largest absolute Gasteiger partial charge is 0.398 e. The van der Waals surface area contributed by atoms with E-state index in [1.54, 1.807) is 0 Å². The number of aliphatic imine (C=N–C) groups is 1. The molecule has 1 unspecified atom stereocenters. The van der Waals surface area contributed by atoms with Gasteiger partial charge in [-0.15, -0.1) is 0 Å². The first-order valence-corrected chi connectivity index (χ1v) is 4.17. The average molecular weight is 176 g/mol. The van der Waals surface area contributed by atoms with Crippen LogP contribution in [0.2, 0.25) is 0 Å². The molecular formula is C9H12N4. The number of nitrogen functional groups attached to an aromatic ring is 1. The normalized spacial score (nSPS) is 16.8. The number of para-hydroxylation sites is 1. The van der Waals surface area contributed by atoms with Crippen LogP contribution in [0.1, 0.15) is 11.6 Å². The molecule has 1 aliphatic heterocycles. The number of nitrogens with two attached hydrogens (primary N) is 2. The zero-order valence-electron chi connectivity index (χ0n) is 7.20. The number of amidine groups is 1. The van der Waals surface area contributed by atoms with Crippen LogP contribution in [0.3, 0.4) is 0 Å². The van der Waals surface area contributed by atoms with Gasteiger partial charge in [0.15, 0.2) is 0 Å². The first-order chi connectivity index (χ1) is 6.29. The summed E-state index contributed by atoms with van der Waals surface area (Å²) in [5.74, 6) is 0.818. The second kappa shape index (κ2) is 3.06. The topological polar surface area (TPSA) is 76.4 Å². The molecule has 1 heterocycles. The summed E-state index contributed by atoms with van der Waals surface area (Å²) in [5, 5.41) is 3.04. The molecule has 0 aliphatic carbocycles. The zero-order chi connectivity index (χ0) is 9.26. The minimum Gasteiger partial charge on any atom is -0.398 e. The van der Waals surface area contributed by atoms with Crippen LogP contribution in [-0.4, -0.2) is 12.5 Å². The number of hydrogen-bond acceptors (Lipinski definition) is 4. The first kappa shape index (κ1) is 8.07. The van der Waals surface area contributed by atoms with Crippen molar-refractivity contribution >= 4 is 11.5 Å². The van der Waals surface area contributed by atoms with Gasteiger partial charge in [0.05, 0.1) is 6.04 Å². The van der Waals surface area contributed by atoms with E-state index >= 15 is 0 Å². The Kier molecular flexibility index (Phi) is 1.90. The van der Waals surface area contributed by atoms with Crippen LogP contribution in [0.4, 0.5) is 5.69 Å². The highest BCUT2D eigenvalue weighted by Gasteiger charge is 2.18. The molecule has 13 heavy (non-hydrogen) atoms. The van der Waals surface area contributed by atoms with Gasteiger partial charge in [-0.05, 0) is 11.6 Å². The van der Waals surface area contributed by atoms with E-state index in [0.717, 1.165) is 11.4 Å². The minimum absolute atomic E-state index is 0.213. The Morgan fingerprint density at radius 3 is 2.62 bits per heavy atom. The van der Waals surface area contributed by atoms with Crippen LogP contribution in [0.5, 0.6) is 0 Å². The molecule has 1 aromatic rings. The molecule has 2 rings (SSSR count). The molecule has 0 saturated heterocycles. The van der Waals surface area contributed by atoms with Crippen molar-refractivity contribution in [2.75, 3.05) is 12.4 Å². The lowest BCUT2D eigenvalue weighted by molar-refractivity contribution is 0.756. The summed E-state index contributed by atoms with van der Waals surface area (Å²) in [6.45, 7) is 0.662. The Hall–Kier alpha value is -1.55. The van der Waals surface area contributed by atoms with E-state index in [1.165, 1.54) is 0 Å². The Morgan fingerprint density at radius 1 is 1.38 bits per heavy atom. The number of nitrogens with zero attached hydrogens (tertiary/aromatic N) is 1. The van der Waals surface area contributed by atoms with Crippen LogP contribution in [-0.2, 0) is 0 Å². The van der Waals surface area contributed by atoms with Crippen molar-refractivity contribution in [2.45, 2.75) is 6.04 Å². The molecule has 1 atom stereocenters. The van der Waals surface area contributed by atoms with Crippen LogP contribution < -0.4 is 16.8 Å². The van der Waals surface area contributed by atoms with E-state index in [0.29, 0.717) is 12.4 Å². The fourth-order valence-corrected chi connectivity index (χ4v) is 1.32. The van der Waals surface area contributed by atoms with E-state index < -0.39 is 0 Å². The third-order valence-electron chi connectivity index (χ3n) is 2.14. The Morgan fingerprint density at radius 2 is 2.08 bits per heavy atom. The lowest BCUT2D eigenvalue weighted by atomic mass is 10.0. The van der Waals surface area contributed by atoms with E-state index in [9.17, 15) is 0 Å². The number of hydrogen-bond donors (Lipinski definition) is 3. The van der Waals surface area contributed by atoms with Gasteiger partial charge >= 0.3 is 0 Å². The SMILES string of the molecule is Nc1ccccc1C(N)C1=NCN1. The molecule has 5 N–H and O–H groups in total. The van der Waals surface area contributed by atoms with Gasteiger partial charge in [0, 0.05) is 5.69 Å². The molecule has 0 fully saturated rings. The van der Waals surface area contributed by atoms with Crippen LogP contribution in [0.25, 0.3) is 0 Å². The maximum absolute atomic E-state index is 5.93. The van der Waals surface area contributed by atoms with E-state index in [2.05, 4.69) is 10.3 Å². The summed E-state index contributed by atoms with van der Waals surface area (Å²) in [4.78, 5) is 4.11. The standard InChI is InChI=1S/C9H12N4/c10-7-4-2-1-3-6(7)8(11)9-12-5-13-9/h1-4,8H,5,10-11H2,(H,12,13). The van der Waals surface area contributed by atoms with Crippen molar-refractivity contribution in [3.63, 3.8) is 0 Å². The van der Waals surface area contributed by atoms with Crippen LogP contribution >= 0.6 is 0 Å². The highest BCUT2D eigenvalue weighted by Crippen LogP contribution is 2.19. The molecule has 1 aromatic carbocycles. The fraction of sp³-hybridized carbons (Fsp3) is 0.222. The van der Waals surface area contributed by atoms with Crippen molar-refractivity contribution < 1.29 is 0 Å². The van der Waals surface area contributed by atoms with Gasteiger partial charge in [-0.25, -0.2) is 4.99 Å². The van der Waals surface area contributed by atoms with Gasteiger partial charge in [-0.3, -0.25) is 0 Å². The fourth-order valence-electron chi connectivity index (χ4n) is 1.32. The molecule has 4 heteroatoms. The summed E-state index contributed by atoms with van der Waals surface area (Å²) in [7, 11) is 0. The number of anilines is 1. The van der Waals surface area contributed by atoms with Gasteiger partial charge in [0.25, 0.3) is 0 Å². The van der Waals surface area contributed by atoms with Crippen molar-refractivity contribution in [3.05, 3.63) is 29.8 Å². The summed E-state index contributed by atoms with van der Waals surface area (Å²) in [6.07, 6.45) is 0. The summed E-state index contributed by atoms with van der Waals surface area (Å²) in [6, 6.07) is 7.36. The van der Waals surface area contributed by atoms with Gasteiger partial charge in [-0.1, -0.05) is 18.2 Å². The third kappa shape index (κ3) is 1.36. The second-order valence-electron chi connectivity index (χ2n) is 2.98. The minimum atomic E-state index is -0.213. The maximum atomic E-state index is 5.93. The number of benzene rings is 1. The Balaban J connectivity index is 2.29. The highest BCUT2D eigenvalue weighted by molar-refractivity contribution is 5.92. The predicted molar refractivity (Wildman–Crippen MR) is 53.2 cm³/mol. The van der Waals surface area contributed by atoms with Gasteiger partial charge in [0.1, 0.15) is 12.5 Å². The molecular weight excluding hydrogens is 164 g/mol. The quantitative estimate of drug-likeness (QED) is 0.564. The van der Waals surface area contributed by atoms with Crippen molar-refractivity contribution in [2.24, 2.45) is 10.7 Å². The predicted octanol–water partition coefficient (Wildman–Crippen LogP) is 0.228. The monoisotopic (exact) mass is 176 g/mol. The first-order valence-electron chi connectivity index (χ1n) is 4.17. The van der Waals surface area contributed by atoms with E-state index in [-0.39, 0.29) is 6.04 Å².